The van der Waals surface area contributed by atoms with Gasteiger partial charge in [-0.2, -0.15) is 0 Å². The third-order valence-corrected chi connectivity index (χ3v) is 11.1. The number of rotatable bonds is 6. The number of carbonyl (C=O) groups excluding carboxylic acids is 2. The lowest BCUT2D eigenvalue weighted by Crippen LogP contribution is -2.50. The molecule has 0 aromatic rings. The lowest BCUT2D eigenvalue weighted by Gasteiger charge is -2.47. The molecule has 0 radical (unpaired) electrons. The van der Waals surface area contributed by atoms with Crippen LogP contribution >= 0.6 is 0 Å². The maximum Gasteiger partial charge on any atom is 0.302 e. The van der Waals surface area contributed by atoms with Gasteiger partial charge in [0, 0.05) is 30.8 Å². The summed E-state index contributed by atoms with van der Waals surface area (Å²) in [6.45, 7) is 19.2. The molecule has 0 aromatic heterocycles. The van der Waals surface area contributed by atoms with Crippen LogP contribution < -0.4 is 0 Å². The van der Waals surface area contributed by atoms with E-state index in [4.69, 9.17) is 9.16 Å². The minimum atomic E-state index is -1.79. The van der Waals surface area contributed by atoms with Gasteiger partial charge in [0.1, 0.15) is 11.9 Å². The molecule has 4 atom stereocenters. The summed E-state index contributed by atoms with van der Waals surface area (Å²) in [6.07, 6.45) is 2.38. The molecular weight excluding hydrogens is 332 g/mol. The van der Waals surface area contributed by atoms with Crippen LogP contribution in [-0.4, -0.2) is 32.8 Å². The second-order valence-electron chi connectivity index (χ2n) is 9.66. The summed E-state index contributed by atoms with van der Waals surface area (Å²) < 4.78 is 12.1. The molecule has 4 nitrogen and oxygen atoms in total. The van der Waals surface area contributed by atoms with Crippen LogP contribution in [0.2, 0.25) is 18.1 Å². The first-order chi connectivity index (χ1) is 11.2. The molecule has 25 heavy (non-hydrogen) atoms. The Hall–Kier alpha value is -0.683. The molecule has 1 fully saturated rings. The van der Waals surface area contributed by atoms with Crippen molar-refractivity contribution in [2.45, 2.75) is 92.0 Å². The van der Waals surface area contributed by atoms with E-state index in [0.717, 1.165) is 19.3 Å². The van der Waals surface area contributed by atoms with Gasteiger partial charge in [-0.15, -0.1) is 0 Å². The smallest absolute Gasteiger partial charge is 0.302 e. The van der Waals surface area contributed by atoms with Crippen molar-refractivity contribution in [1.82, 2.24) is 0 Å². The lowest BCUT2D eigenvalue weighted by atomic mass is 9.62. The summed E-state index contributed by atoms with van der Waals surface area (Å²) in [5.74, 6) is -0.0337. The minimum Gasteiger partial charge on any atom is -0.462 e. The summed E-state index contributed by atoms with van der Waals surface area (Å²) >= 11 is 0. The van der Waals surface area contributed by atoms with Gasteiger partial charge in [0.05, 0.1) is 0 Å². The third kappa shape index (κ3) is 5.39. The Balaban J connectivity index is 2.87. The Bertz CT molecular complexity index is 494. The highest BCUT2D eigenvalue weighted by Gasteiger charge is 2.48. The summed E-state index contributed by atoms with van der Waals surface area (Å²) in [4.78, 5) is 23.6. The molecule has 0 N–H and O–H groups in total. The van der Waals surface area contributed by atoms with Gasteiger partial charge in [-0.25, -0.2) is 0 Å². The topological polar surface area (TPSA) is 52.6 Å². The summed E-state index contributed by atoms with van der Waals surface area (Å²) in [7, 11) is -1.79. The Morgan fingerprint density at radius 3 is 2.20 bits per heavy atom. The van der Waals surface area contributed by atoms with Crippen LogP contribution in [0.5, 0.6) is 0 Å². The van der Waals surface area contributed by atoms with Gasteiger partial charge in [0.25, 0.3) is 0 Å². The lowest BCUT2D eigenvalue weighted by molar-refractivity contribution is -0.168. The molecule has 1 aliphatic carbocycles. The highest BCUT2D eigenvalue weighted by atomic mass is 28.4. The first-order valence-electron chi connectivity index (χ1n) is 9.53. The van der Waals surface area contributed by atoms with E-state index in [9.17, 15) is 9.59 Å². The van der Waals surface area contributed by atoms with Crippen LogP contribution in [0.25, 0.3) is 0 Å². The second-order valence-corrected chi connectivity index (χ2v) is 14.5. The molecule has 0 aliphatic heterocycles. The summed E-state index contributed by atoms with van der Waals surface area (Å²) in [5, 5.41) is 0.183. The largest absolute Gasteiger partial charge is 0.462 e. The Morgan fingerprint density at radius 1 is 1.20 bits per heavy atom. The molecule has 0 heterocycles. The van der Waals surface area contributed by atoms with Crippen LogP contribution in [-0.2, 0) is 18.8 Å². The molecule has 1 saturated carbocycles. The number of carbonyl (C=O) groups is 2. The van der Waals surface area contributed by atoms with Gasteiger partial charge < -0.3 is 9.16 Å². The Morgan fingerprint density at radius 2 is 1.76 bits per heavy atom. The average molecular weight is 371 g/mol. The van der Waals surface area contributed by atoms with Crippen molar-refractivity contribution in [2.75, 3.05) is 6.61 Å². The minimum absolute atomic E-state index is 0.0151. The zero-order valence-corrected chi connectivity index (χ0v) is 18.7. The second kappa shape index (κ2) is 7.91. The van der Waals surface area contributed by atoms with Crippen LogP contribution in [0.4, 0.5) is 0 Å². The number of Topliss-reactive ketones (excluding diaryl/α,β-unsaturated/α-hetero) is 1. The average Bonchev–Trinajstić information content (AvgIpc) is 2.41. The maximum absolute atomic E-state index is 11.9. The van der Waals surface area contributed by atoms with Crippen LogP contribution in [0.3, 0.4) is 0 Å². The Kier molecular flexibility index (Phi) is 7.07. The first-order valence-corrected chi connectivity index (χ1v) is 12.4. The molecule has 0 unspecified atom stereocenters. The van der Waals surface area contributed by atoms with Gasteiger partial charge in [0.2, 0.25) is 0 Å². The van der Waals surface area contributed by atoms with Crippen LogP contribution in [0.1, 0.15) is 67.7 Å². The van der Waals surface area contributed by atoms with Crippen molar-refractivity contribution < 1.29 is 18.8 Å². The third-order valence-electron chi connectivity index (χ3n) is 6.58. The van der Waals surface area contributed by atoms with E-state index < -0.39 is 8.32 Å². The zero-order chi connectivity index (χ0) is 19.6. The fraction of sp³-hybridized carbons (Fsp3) is 0.900. The molecule has 0 aromatic carbocycles. The quantitative estimate of drug-likeness (QED) is 0.489. The van der Waals surface area contributed by atoms with E-state index in [0.29, 0.717) is 6.61 Å². The van der Waals surface area contributed by atoms with Crippen molar-refractivity contribution in [3.63, 3.8) is 0 Å². The van der Waals surface area contributed by atoms with E-state index in [1.54, 1.807) is 6.92 Å². The number of hydrogen-bond donors (Lipinski definition) is 0. The van der Waals surface area contributed by atoms with Crippen LogP contribution in [0, 0.1) is 17.3 Å². The molecule has 5 heteroatoms. The molecule has 0 saturated heterocycles. The number of ether oxygens (including phenoxy) is 1. The molecule has 1 aliphatic rings. The Labute approximate surface area is 155 Å². The fourth-order valence-corrected chi connectivity index (χ4v) is 4.81. The van der Waals surface area contributed by atoms with Gasteiger partial charge in [-0.1, -0.05) is 34.6 Å². The maximum atomic E-state index is 11.9. The zero-order valence-electron chi connectivity index (χ0n) is 17.7. The summed E-state index contributed by atoms with van der Waals surface area (Å²) in [6, 6.07) is 0. The number of esters is 1. The summed E-state index contributed by atoms with van der Waals surface area (Å²) in [5.41, 5.74) is -0.139. The number of ketones is 1. The van der Waals surface area contributed by atoms with Crippen LogP contribution in [0.15, 0.2) is 0 Å². The van der Waals surface area contributed by atoms with E-state index in [-0.39, 0.29) is 40.1 Å². The number of hydrogen-bond acceptors (Lipinski definition) is 4. The van der Waals surface area contributed by atoms with Crippen molar-refractivity contribution in [3.8, 4) is 0 Å². The molecular formula is C20H38O4Si. The van der Waals surface area contributed by atoms with Gasteiger partial charge in [-0.05, 0) is 44.3 Å². The van der Waals surface area contributed by atoms with Gasteiger partial charge in [-0.3, -0.25) is 9.59 Å². The van der Waals surface area contributed by atoms with E-state index in [1.165, 1.54) is 6.92 Å². The molecule has 0 bridgehead atoms. The standard InChI is InChI=1S/C20H38O4Si/c1-14-17(15(2)21)10-11-20(7,18(14)24-16(3)22)12-13-23-25(8,9)19(4,5)6/h14,17-18H,10-13H2,1-9H3/t14-,17+,18+,20+/m0/s1. The molecule has 146 valence electrons. The van der Waals surface area contributed by atoms with E-state index >= 15 is 0 Å². The monoisotopic (exact) mass is 370 g/mol. The van der Waals surface area contributed by atoms with Crippen molar-refractivity contribution in [2.24, 2.45) is 17.3 Å². The van der Waals surface area contributed by atoms with Crippen molar-refractivity contribution in [1.29, 1.82) is 0 Å². The fourth-order valence-electron chi connectivity index (χ4n) is 3.76. The highest BCUT2D eigenvalue weighted by molar-refractivity contribution is 6.74. The van der Waals surface area contributed by atoms with E-state index in [1.807, 2.05) is 6.92 Å². The SMILES string of the molecule is CC(=O)O[C@@H]1[C@@H](C)[C@H](C(C)=O)CC[C@]1(C)CCO[Si](C)(C)C(C)(C)C. The predicted molar refractivity (Wildman–Crippen MR) is 104 cm³/mol. The normalized spacial score (nSPS) is 30.8. The van der Waals surface area contributed by atoms with Gasteiger partial charge >= 0.3 is 5.97 Å². The van der Waals surface area contributed by atoms with Gasteiger partial charge in [0.15, 0.2) is 8.32 Å². The molecule has 0 amide bonds. The van der Waals surface area contributed by atoms with Crippen molar-refractivity contribution in [3.05, 3.63) is 0 Å². The van der Waals surface area contributed by atoms with E-state index in [2.05, 4.69) is 40.8 Å². The molecule has 1 rings (SSSR count). The van der Waals surface area contributed by atoms with Crippen molar-refractivity contribution >= 4 is 20.1 Å². The first kappa shape index (κ1) is 22.4. The predicted octanol–water partition coefficient (Wildman–Crippen LogP) is 4.97. The molecule has 0 spiro atoms. The highest BCUT2D eigenvalue weighted by Crippen LogP contribution is 2.47.